The van der Waals surface area contributed by atoms with E-state index in [4.69, 9.17) is 0 Å². The van der Waals surface area contributed by atoms with Crippen molar-refractivity contribution >= 4 is 18.0 Å². The lowest BCUT2D eigenvalue weighted by atomic mass is 10.3. The number of hydrogen-bond donors (Lipinski definition) is 0. The Bertz CT molecular complexity index is 326. The van der Waals surface area contributed by atoms with Gasteiger partial charge in [0.15, 0.2) is 0 Å². The Morgan fingerprint density at radius 1 is 1.64 bits per heavy atom. The van der Waals surface area contributed by atoms with Gasteiger partial charge in [-0.1, -0.05) is 12.1 Å². The van der Waals surface area contributed by atoms with Crippen LogP contribution in [0.1, 0.15) is 18.2 Å². The summed E-state index contributed by atoms with van der Waals surface area (Å²) >= 11 is 1.78. The van der Waals surface area contributed by atoms with Gasteiger partial charge in [0.1, 0.15) is 7.11 Å². The Kier molecular flexibility index (Phi) is 4.46. The van der Waals surface area contributed by atoms with Crippen molar-refractivity contribution in [3.8, 4) is 0 Å². The summed E-state index contributed by atoms with van der Waals surface area (Å²) in [6.07, 6.45) is 3.45. The highest BCUT2D eigenvalue weighted by Gasteiger charge is 2.00. The molecule has 0 spiro atoms. The molecule has 1 aromatic heterocycles. The van der Waals surface area contributed by atoms with Crippen molar-refractivity contribution in [2.24, 2.45) is 5.16 Å². The van der Waals surface area contributed by atoms with Gasteiger partial charge in [-0.3, -0.25) is 4.98 Å². The molecule has 0 radical (unpaired) electrons. The summed E-state index contributed by atoms with van der Waals surface area (Å²) in [6, 6.07) is 2.07. The molecule has 0 N–H and O–H groups in total. The number of nitrogens with zero attached hydrogens (tertiary/aromatic N) is 2. The summed E-state index contributed by atoms with van der Waals surface area (Å²) in [5, 5.41) is 3.70. The molecule has 0 aliphatic heterocycles. The van der Waals surface area contributed by atoms with E-state index < -0.39 is 0 Å². The first kappa shape index (κ1) is 11.0. The molecule has 4 heteroatoms. The van der Waals surface area contributed by atoms with Crippen molar-refractivity contribution in [2.45, 2.75) is 18.7 Å². The van der Waals surface area contributed by atoms with Gasteiger partial charge in [-0.25, -0.2) is 0 Å². The zero-order chi connectivity index (χ0) is 10.4. The highest BCUT2D eigenvalue weighted by Crippen LogP contribution is 2.20. The molecular formula is C10H14N2OS. The van der Waals surface area contributed by atoms with E-state index in [0.29, 0.717) is 0 Å². The van der Waals surface area contributed by atoms with Crippen LogP contribution < -0.4 is 0 Å². The van der Waals surface area contributed by atoms with Crippen LogP contribution in [-0.4, -0.2) is 24.1 Å². The fourth-order valence-corrected chi connectivity index (χ4v) is 1.81. The van der Waals surface area contributed by atoms with E-state index in [1.807, 2.05) is 6.92 Å². The fraction of sp³-hybridized carbons (Fsp3) is 0.400. The predicted molar refractivity (Wildman–Crippen MR) is 60.0 cm³/mol. The van der Waals surface area contributed by atoms with E-state index >= 15 is 0 Å². The van der Waals surface area contributed by atoms with Crippen LogP contribution in [0.4, 0.5) is 0 Å². The minimum atomic E-state index is 0.966. The molecule has 3 nitrogen and oxygen atoms in total. The van der Waals surface area contributed by atoms with Crippen LogP contribution in [0.25, 0.3) is 0 Å². The van der Waals surface area contributed by atoms with Gasteiger partial charge in [-0.2, -0.15) is 0 Å². The van der Waals surface area contributed by atoms with E-state index in [0.717, 1.165) is 17.0 Å². The first-order chi connectivity index (χ1) is 6.77. The maximum absolute atomic E-state index is 4.61. The first-order valence-electron chi connectivity index (χ1n) is 4.44. The minimum Gasteiger partial charge on any atom is -0.399 e. The van der Waals surface area contributed by atoms with E-state index in [9.17, 15) is 0 Å². The third-order valence-electron chi connectivity index (χ3n) is 1.67. The van der Waals surface area contributed by atoms with Gasteiger partial charge in [0.25, 0.3) is 0 Å². The molecule has 0 saturated carbocycles. The SMILES string of the molecule is CCSc1cc(/C=N/OC)cnc1C. The highest BCUT2D eigenvalue weighted by atomic mass is 32.2. The van der Waals surface area contributed by atoms with E-state index in [-0.39, 0.29) is 0 Å². The molecule has 1 heterocycles. The monoisotopic (exact) mass is 210 g/mol. The van der Waals surface area contributed by atoms with Crippen LogP contribution in [0.3, 0.4) is 0 Å². The Labute approximate surface area is 88.6 Å². The number of aryl methyl sites for hydroxylation is 1. The molecule has 76 valence electrons. The Balaban J connectivity index is 2.88. The highest BCUT2D eigenvalue weighted by molar-refractivity contribution is 7.99. The average Bonchev–Trinajstić information content (AvgIpc) is 2.19. The molecule has 0 aliphatic carbocycles. The van der Waals surface area contributed by atoms with E-state index in [2.05, 4.69) is 28.0 Å². The van der Waals surface area contributed by atoms with Gasteiger partial charge >= 0.3 is 0 Å². The fourth-order valence-electron chi connectivity index (χ4n) is 1.01. The van der Waals surface area contributed by atoms with Crippen LogP contribution >= 0.6 is 11.8 Å². The molecule has 0 saturated heterocycles. The Morgan fingerprint density at radius 2 is 2.43 bits per heavy atom. The quantitative estimate of drug-likeness (QED) is 0.435. The second kappa shape index (κ2) is 5.65. The summed E-state index contributed by atoms with van der Waals surface area (Å²) in [4.78, 5) is 10.1. The van der Waals surface area contributed by atoms with Crippen LogP contribution in [0, 0.1) is 6.92 Å². The number of pyridine rings is 1. The van der Waals surface area contributed by atoms with Gasteiger partial charge in [0.2, 0.25) is 0 Å². The smallest absolute Gasteiger partial charge is 0.106 e. The molecule has 0 atom stereocenters. The van der Waals surface area contributed by atoms with Crippen molar-refractivity contribution in [3.63, 3.8) is 0 Å². The maximum Gasteiger partial charge on any atom is 0.106 e. The summed E-state index contributed by atoms with van der Waals surface area (Å²) < 4.78 is 0. The lowest BCUT2D eigenvalue weighted by molar-refractivity contribution is 0.215. The zero-order valence-corrected chi connectivity index (χ0v) is 9.47. The summed E-state index contributed by atoms with van der Waals surface area (Å²) in [7, 11) is 1.53. The van der Waals surface area contributed by atoms with Crippen LogP contribution in [0.2, 0.25) is 0 Å². The number of oxime groups is 1. The number of aromatic nitrogens is 1. The van der Waals surface area contributed by atoms with Gasteiger partial charge in [0, 0.05) is 16.7 Å². The summed E-state index contributed by atoms with van der Waals surface area (Å²) in [5.41, 5.74) is 2.03. The average molecular weight is 210 g/mol. The van der Waals surface area contributed by atoms with Crippen LogP contribution in [-0.2, 0) is 4.84 Å². The molecule has 0 bridgehead atoms. The molecule has 0 aromatic carbocycles. The molecular weight excluding hydrogens is 196 g/mol. The Morgan fingerprint density at radius 3 is 3.07 bits per heavy atom. The van der Waals surface area contributed by atoms with Gasteiger partial charge < -0.3 is 4.84 Å². The Hall–Kier alpha value is -1.03. The second-order valence-corrected chi connectivity index (χ2v) is 4.01. The predicted octanol–water partition coefficient (Wildman–Crippen LogP) is 2.48. The maximum atomic E-state index is 4.61. The largest absolute Gasteiger partial charge is 0.399 e. The number of hydrogen-bond acceptors (Lipinski definition) is 4. The van der Waals surface area contributed by atoms with E-state index in [1.54, 1.807) is 24.2 Å². The third-order valence-corrected chi connectivity index (χ3v) is 2.68. The first-order valence-corrected chi connectivity index (χ1v) is 5.42. The van der Waals surface area contributed by atoms with Crippen molar-refractivity contribution in [1.82, 2.24) is 4.98 Å². The van der Waals surface area contributed by atoms with Crippen molar-refractivity contribution < 1.29 is 4.84 Å². The van der Waals surface area contributed by atoms with E-state index in [1.165, 1.54) is 12.0 Å². The molecule has 14 heavy (non-hydrogen) atoms. The third kappa shape index (κ3) is 3.03. The minimum absolute atomic E-state index is 0.966. The standard InChI is InChI=1S/C10H14N2OS/c1-4-14-10-5-9(7-12-13-3)6-11-8(10)2/h5-7H,4H2,1-3H3/b12-7+. The number of thioether (sulfide) groups is 1. The van der Waals surface area contributed by atoms with Gasteiger partial charge in [0.05, 0.1) is 11.9 Å². The molecule has 0 unspecified atom stereocenters. The normalized spacial score (nSPS) is 10.8. The summed E-state index contributed by atoms with van der Waals surface area (Å²) in [6.45, 7) is 4.13. The van der Waals surface area contributed by atoms with Crippen molar-refractivity contribution in [3.05, 3.63) is 23.5 Å². The molecule has 1 rings (SSSR count). The topological polar surface area (TPSA) is 34.5 Å². The summed E-state index contributed by atoms with van der Waals surface area (Å²) in [5.74, 6) is 1.05. The van der Waals surface area contributed by atoms with Crippen molar-refractivity contribution in [2.75, 3.05) is 12.9 Å². The zero-order valence-electron chi connectivity index (χ0n) is 8.65. The lowest BCUT2D eigenvalue weighted by Gasteiger charge is -2.03. The van der Waals surface area contributed by atoms with Gasteiger partial charge in [-0.15, -0.1) is 11.8 Å². The van der Waals surface area contributed by atoms with Gasteiger partial charge in [-0.05, 0) is 18.7 Å². The molecule has 0 aliphatic rings. The molecule has 1 aromatic rings. The van der Waals surface area contributed by atoms with Crippen LogP contribution in [0.15, 0.2) is 22.3 Å². The number of rotatable bonds is 4. The molecule has 0 fully saturated rings. The van der Waals surface area contributed by atoms with Crippen LogP contribution in [0.5, 0.6) is 0 Å². The van der Waals surface area contributed by atoms with Crippen molar-refractivity contribution in [1.29, 1.82) is 0 Å². The second-order valence-electron chi connectivity index (χ2n) is 2.70. The lowest BCUT2D eigenvalue weighted by Crippen LogP contribution is -1.90. The molecule has 0 amide bonds.